The van der Waals surface area contributed by atoms with E-state index in [1.807, 2.05) is 0 Å². The van der Waals surface area contributed by atoms with E-state index in [1.165, 1.54) is 0 Å². The molecule has 1 heterocycles. The van der Waals surface area contributed by atoms with Crippen LogP contribution in [-0.4, -0.2) is 7.32 Å². The van der Waals surface area contributed by atoms with E-state index in [0.717, 1.165) is 0 Å². The van der Waals surface area contributed by atoms with Gasteiger partial charge in [0.2, 0.25) is 0 Å². The fourth-order valence-corrected chi connectivity index (χ4v) is 0.112. The Hall–Kier alpha value is 0.865. The Kier molecular flexibility index (Phi) is 4.29. The zero-order valence-electron chi connectivity index (χ0n) is 3.62. The molecule has 0 saturated carbocycles. The summed E-state index contributed by atoms with van der Waals surface area (Å²) in [5, 5.41) is 16.7. The summed E-state index contributed by atoms with van der Waals surface area (Å²) in [4.78, 5) is 7.31. The van der Waals surface area contributed by atoms with Gasteiger partial charge in [-0.1, -0.05) is 10.1 Å². The van der Waals surface area contributed by atoms with E-state index in [0.29, 0.717) is 0 Å². The molecule has 0 aromatic rings. The third-order valence-electron chi connectivity index (χ3n) is 0.263. The monoisotopic (exact) mass is 114 g/mol. The van der Waals surface area contributed by atoms with Crippen LogP contribution in [0.2, 0.25) is 0 Å². The van der Waals surface area contributed by atoms with Gasteiger partial charge < -0.3 is 5.02 Å². The van der Waals surface area contributed by atoms with Crippen molar-refractivity contribution in [1.29, 1.82) is 0 Å². The molecule has 0 amide bonds. The van der Waals surface area contributed by atoms with Crippen molar-refractivity contribution in [1.82, 2.24) is 0 Å². The Morgan fingerprint density at radius 3 is 1.71 bits per heavy atom. The first-order chi connectivity index (χ1) is 2.89. The molecule has 7 heteroatoms. The zero-order chi connectivity index (χ0) is 4.41. The van der Waals surface area contributed by atoms with Gasteiger partial charge in [-0.25, -0.2) is 0 Å². The summed E-state index contributed by atoms with van der Waals surface area (Å²) in [6, 6.07) is 0. The van der Waals surface area contributed by atoms with Crippen molar-refractivity contribution in [2.75, 3.05) is 0 Å². The first kappa shape index (κ1) is 7.86. The molecule has 0 atom stereocenters. The van der Waals surface area contributed by atoms with E-state index in [-0.39, 0.29) is 29.6 Å². The van der Waals surface area contributed by atoms with Crippen LogP contribution < -0.4 is 34.6 Å². The topological polar surface area (TPSA) is 60.0 Å². The Bertz CT molecular complexity index is 41.3. The molecule has 1 fully saturated rings. The molecule has 7 heavy (non-hydrogen) atoms. The van der Waals surface area contributed by atoms with Crippen molar-refractivity contribution >= 4 is 7.32 Å². The van der Waals surface area contributed by atoms with Crippen molar-refractivity contribution in [3.63, 3.8) is 0 Å². The summed E-state index contributed by atoms with van der Waals surface area (Å²) in [5.74, 6) is 0. The quantitative estimate of drug-likeness (QED) is 0.233. The summed E-state index contributed by atoms with van der Waals surface area (Å²) < 4.78 is 0. The molecule has 1 rings (SSSR count). The largest absolute Gasteiger partial charge is 1.00 e. The van der Waals surface area contributed by atoms with E-state index in [9.17, 15) is 5.02 Å². The van der Waals surface area contributed by atoms with Crippen LogP contribution in [0.25, 0.3) is 0 Å². The predicted molar refractivity (Wildman–Crippen MR) is 10.1 cm³/mol. The number of hydrogen-bond acceptors (Lipinski definition) is 5. The number of rotatable bonds is 0. The molecule has 0 radical (unpaired) electrons. The van der Waals surface area contributed by atoms with Crippen molar-refractivity contribution in [3.8, 4) is 0 Å². The molecule has 0 N–H and O–H groups in total. The molecule has 0 aliphatic carbocycles. The normalized spacial score (nSPS) is 19.3. The summed E-state index contributed by atoms with van der Waals surface area (Å²) in [7, 11) is -1.65. The molecule has 1 aliphatic heterocycles. The predicted octanol–water partition coefficient (Wildman–Crippen LogP) is -4.84. The van der Waals surface area contributed by atoms with Gasteiger partial charge in [0.1, 0.15) is 0 Å². The van der Waals surface area contributed by atoms with Crippen LogP contribution >= 0.6 is 0 Å². The second-order valence-corrected chi connectivity index (χ2v) is 0.617. The molecule has 5 nitrogen and oxygen atoms in total. The van der Waals surface area contributed by atoms with Gasteiger partial charge in [0.05, 0.1) is 0 Å². The van der Waals surface area contributed by atoms with Gasteiger partial charge in [0.25, 0.3) is 0 Å². The van der Waals surface area contributed by atoms with Crippen molar-refractivity contribution in [2.24, 2.45) is 0 Å². The van der Waals surface area contributed by atoms with E-state index < -0.39 is 7.32 Å². The third kappa shape index (κ3) is 2.63. The second kappa shape index (κ2) is 3.82. The molecule has 0 aromatic heterocycles. The van der Waals surface area contributed by atoms with Crippen molar-refractivity contribution < 1.29 is 54.3 Å². The molecule has 1 saturated heterocycles. The molecule has 1 aliphatic rings. The Morgan fingerprint density at radius 1 is 1.14 bits per heavy atom. The first-order valence-corrected chi connectivity index (χ1v) is 1.21. The Morgan fingerprint density at radius 2 is 1.57 bits per heavy atom. The summed E-state index contributed by atoms with van der Waals surface area (Å²) in [6.07, 6.45) is 0. The van der Waals surface area contributed by atoms with Crippen LogP contribution in [0.5, 0.6) is 0 Å². The van der Waals surface area contributed by atoms with Crippen LogP contribution in [0, 0.1) is 0 Å². The van der Waals surface area contributed by atoms with Crippen molar-refractivity contribution in [3.05, 3.63) is 0 Å². The van der Waals surface area contributed by atoms with Crippen LogP contribution in [-0.2, 0) is 19.7 Å². The average Bonchev–Trinajstić information content (AvgIpc) is 1.86. The summed E-state index contributed by atoms with van der Waals surface area (Å²) >= 11 is 0. The van der Waals surface area contributed by atoms with Gasteiger partial charge in [-0.2, -0.15) is 0 Å². The van der Waals surface area contributed by atoms with E-state index in [1.54, 1.807) is 0 Å². The zero-order valence-corrected chi connectivity index (χ0v) is 5.62. The maximum Gasteiger partial charge on any atom is 1.00 e. The fraction of sp³-hybridized carbons (Fsp3) is 0. The smallest absolute Gasteiger partial charge is 0.827 e. The van der Waals surface area contributed by atoms with Gasteiger partial charge in [0, 0.05) is 0 Å². The SMILES string of the molecule is [Na+].[O-]B1OOOO1. The molecular weight excluding hydrogens is 114 g/mol. The fourth-order valence-electron chi connectivity index (χ4n) is 0.112. The van der Waals surface area contributed by atoms with Crippen LogP contribution in [0.1, 0.15) is 0 Å². The summed E-state index contributed by atoms with van der Waals surface area (Å²) in [5.41, 5.74) is 0. The van der Waals surface area contributed by atoms with Gasteiger partial charge in [-0.05, 0) is 0 Å². The Balaban J connectivity index is 0.000000360. The van der Waals surface area contributed by atoms with Gasteiger partial charge in [0.15, 0.2) is 0 Å². The van der Waals surface area contributed by atoms with Crippen LogP contribution in [0.15, 0.2) is 0 Å². The first-order valence-electron chi connectivity index (χ1n) is 1.21. The van der Waals surface area contributed by atoms with Crippen LogP contribution in [0.3, 0.4) is 0 Å². The molecule has 0 bridgehead atoms. The van der Waals surface area contributed by atoms with Gasteiger partial charge in [-0.15, -0.1) is 0 Å². The van der Waals surface area contributed by atoms with Crippen molar-refractivity contribution in [2.45, 2.75) is 0 Å². The molecular formula is BNaO5. The minimum Gasteiger partial charge on any atom is -0.827 e. The summed E-state index contributed by atoms with van der Waals surface area (Å²) in [6.45, 7) is 0. The standard InChI is InChI=1S/BO5.Na/c2-1-3-5-6-4-1;/q-1;+1. The molecule has 0 unspecified atom stereocenters. The minimum absolute atomic E-state index is 0. The average molecular weight is 114 g/mol. The third-order valence-corrected chi connectivity index (χ3v) is 0.263. The maximum atomic E-state index is 9.63. The molecule has 0 aromatic carbocycles. The molecule has 0 spiro atoms. The van der Waals surface area contributed by atoms with Gasteiger partial charge in [-0.3, -0.25) is 9.61 Å². The van der Waals surface area contributed by atoms with Crippen LogP contribution in [0.4, 0.5) is 0 Å². The van der Waals surface area contributed by atoms with E-state index in [2.05, 4.69) is 19.7 Å². The van der Waals surface area contributed by atoms with Gasteiger partial charge >= 0.3 is 36.9 Å². The molecule has 34 valence electrons. The number of hydrogen-bond donors (Lipinski definition) is 0. The van der Waals surface area contributed by atoms with E-state index >= 15 is 0 Å². The maximum absolute atomic E-state index is 9.63. The minimum atomic E-state index is -1.65. The Labute approximate surface area is 61.7 Å². The van der Waals surface area contributed by atoms with E-state index in [4.69, 9.17) is 0 Å². The second-order valence-electron chi connectivity index (χ2n) is 0.617.